The third kappa shape index (κ3) is 2.94. The molecule has 0 saturated heterocycles. The summed E-state index contributed by atoms with van der Waals surface area (Å²) in [5.74, 6) is -3.77. The van der Waals surface area contributed by atoms with Gasteiger partial charge < -0.3 is 9.47 Å². The number of carbonyl (C=O) groups is 3. The van der Waals surface area contributed by atoms with Crippen LogP contribution in [0.2, 0.25) is 0 Å². The van der Waals surface area contributed by atoms with E-state index in [0.29, 0.717) is 5.69 Å². The second-order valence-electron chi connectivity index (χ2n) is 5.02. The summed E-state index contributed by atoms with van der Waals surface area (Å²) in [6.45, 7) is 1.83. The van der Waals surface area contributed by atoms with Crippen LogP contribution >= 0.6 is 0 Å². The monoisotopic (exact) mass is 291 g/mol. The minimum Gasteiger partial charge on any atom is -0.468 e. The molecule has 6 nitrogen and oxygen atoms in total. The van der Waals surface area contributed by atoms with Gasteiger partial charge in [-0.15, -0.1) is 0 Å². The van der Waals surface area contributed by atoms with E-state index < -0.39 is 29.6 Å². The molecule has 1 aliphatic carbocycles. The van der Waals surface area contributed by atoms with Crippen LogP contribution in [-0.2, 0) is 36.7 Å². The number of hydrogen-bond acceptors (Lipinski definition) is 6. The second kappa shape index (κ2) is 6.03. The lowest BCUT2D eigenvalue weighted by Gasteiger charge is -2.15. The summed E-state index contributed by atoms with van der Waals surface area (Å²) in [4.78, 5) is 40.6. The first-order valence-corrected chi connectivity index (χ1v) is 6.62. The van der Waals surface area contributed by atoms with Gasteiger partial charge in [-0.1, -0.05) is 6.07 Å². The predicted molar refractivity (Wildman–Crippen MR) is 72.4 cm³/mol. The topological polar surface area (TPSA) is 82.6 Å². The number of fused-ring (bicyclic) bond motifs is 1. The van der Waals surface area contributed by atoms with E-state index in [4.69, 9.17) is 0 Å². The van der Waals surface area contributed by atoms with Gasteiger partial charge in [0.2, 0.25) is 0 Å². The molecule has 21 heavy (non-hydrogen) atoms. The first kappa shape index (κ1) is 15.2. The van der Waals surface area contributed by atoms with Crippen LogP contribution in [0.5, 0.6) is 0 Å². The highest BCUT2D eigenvalue weighted by Crippen LogP contribution is 2.26. The summed E-state index contributed by atoms with van der Waals surface area (Å²) in [6.07, 6.45) is 0.345. The van der Waals surface area contributed by atoms with Crippen LogP contribution in [0.4, 0.5) is 0 Å². The van der Waals surface area contributed by atoms with E-state index in [9.17, 15) is 14.4 Å². The summed E-state index contributed by atoms with van der Waals surface area (Å²) in [7, 11) is 2.44. The number of hydrogen-bond donors (Lipinski definition) is 0. The number of Topliss-reactive ketones (excluding diaryl/α,β-unsaturated/α-hetero) is 1. The lowest BCUT2D eigenvalue weighted by molar-refractivity contribution is -0.155. The third-order valence-electron chi connectivity index (χ3n) is 3.69. The summed E-state index contributed by atoms with van der Waals surface area (Å²) in [5.41, 5.74) is 2.24. The quantitative estimate of drug-likeness (QED) is 0.452. The van der Waals surface area contributed by atoms with Gasteiger partial charge in [0.1, 0.15) is 11.8 Å². The van der Waals surface area contributed by atoms with E-state index in [-0.39, 0.29) is 12.8 Å². The van der Waals surface area contributed by atoms with Crippen molar-refractivity contribution in [3.8, 4) is 0 Å². The molecule has 0 amide bonds. The molecule has 2 unspecified atom stereocenters. The van der Waals surface area contributed by atoms with Crippen molar-refractivity contribution >= 4 is 17.7 Å². The van der Waals surface area contributed by atoms with Crippen molar-refractivity contribution in [2.45, 2.75) is 19.8 Å². The summed E-state index contributed by atoms with van der Waals surface area (Å²) in [5, 5.41) is 0. The Morgan fingerprint density at radius 2 is 1.67 bits per heavy atom. The van der Waals surface area contributed by atoms with E-state index in [2.05, 4.69) is 14.5 Å². The molecule has 112 valence electrons. The maximum absolute atomic E-state index is 12.5. The Bertz CT molecular complexity index is 596. The zero-order valence-corrected chi connectivity index (χ0v) is 12.2. The molecule has 0 spiro atoms. The van der Waals surface area contributed by atoms with Gasteiger partial charge in [-0.3, -0.25) is 19.4 Å². The number of esters is 2. The third-order valence-corrected chi connectivity index (χ3v) is 3.69. The van der Waals surface area contributed by atoms with Crippen molar-refractivity contribution < 1.29 is 23.9 Å². The van der Waals surface area contributed by atoms with Gasteiger partial charge >= 0.3 is 11.9 Å². The van der Waals surface area contributed by atoms with Crippen molar-refractivity contribution in [1.29, 1.82) is 0 Å². The predicted octanol–water partition coefficient (Wildman–Crippen LogP) is 0.636. The van der Waals surface area contributed by atoms with Gasteiger partial charge in [0, 0.05) is 17.8 Å². The number of carbonyl (C=O) groups excluding carboxylic acids is 3. The number of pyridine rings is 1. The van der Waals surface area contributed by atoms with E-state index in [1.54, 1.807) is 0 Å². The Hall–Kier alpha value is -2.24. The largest absolute Gasteiger partial charge is 0.468 e. The SMILES string of the molecule is COC(=O)C1Cc2ccc(C)nc2CC(C(=O)OC)C1=O. The number of aromatic nitrogens is 1. The van der Waals surface area contributed by atoms with Crippen molar-refractivity contribution in [3.05, 3.63) is 29.1 Å². The maximum atomic E-state index is 12.5. The van der Waals surface area contributed by atoms with Gasteiger partial charge in [-0.2, -0.15) is 0 Å². The van der Waals surface area contributed by atoms with E-state index >= 15 is 0 Å². The van der Waals surface area contributed by atoms with Gasteiger partial charge in [0.05, 0.1) is 14.2 Å². The molecular formula is C15H17NO5. The van der Waals surface area contributed by atoms with E-state index in [1.165, 1.54) is 14.2 Å². The Balaban J connectivity index is 2.48. The number of methoxy groups -OCH3 is 2. The lowest BCUT2D eigenvalue weighted by atomic mass is 9.90. The molecule has 1 heterocycles. The van der Waals surface area contributed by atoms with Crippen molar-refractivity contribution in [3.63, 3.8) is 0 Å². The highest BCUT2D eigenvalue weighted by molar-refractivity contribution is 6.09. The lowest BCUT2D eigenvalue weighted by Crippen LogP contribution is -2.35. The number of aryl methyl sites for hydroxylation is 1. The van der Waals surface area contributed by atoms with Gasteiger partial charge in [0.15, 0.2) is 5.78 Å². The molecule has 0 radical (unpaired) electrons. The fraction of sp³-hybridized carbons (Fsp3) is 0.467. The molecule has 2 rings (SSSR count). The molecule has 0 aromatic carbocycles. The molecule has 0 bridgehead atoms. The highest BCUT2D eigenvalue weighted by atomic mass is 16.5. The minimum absolute atomic E-state index is 0.149. The Morgan fingerprint density at radius 3 is 2.24 bits per heavy atom. The number of ether oxygens (including phenoxy) is 2. The van der Waals surface area contributed by atoms with E-state index in [1.807, 2.05) is 19.1 Å². The molecular weight excluding hydrogens is 274 g/mol. The van der Waals surface area contributed by atoms with Gasteiger partial charge in [-0.05, 0) is 25.0 Å². The number of ketones is 1. The molecule has 1 aromatic rings. The zero-order valence-electron chi connectivity index (χ0n) is 12.2. The smallest absolute Gasteiger partial charge is 0.316 e. The van der Waals surface area contributed by atoms with Crippen LogP contribution in [0.3, 0.4) is 0 Å². The molecule has 0 aliphatic heterocycles. The van der Waals surface area contributed by atoms with Gasteiger partial charge in [-0.25, -0.2) is 0 Å². The molecule has 1 aromatic heterocycles. The molecule has 1 aliphatic rings. The van der Waals surface area contributed by atoms with Crippen molar-refractivity contribution in [1.82, 2.24) is 4.98 Å². The average Bonchev–Trinajstić information content (AvgIpc) is 2.62. The molecule has 6 heteroatoms. The minimum atomic E-state index is -1.02. The average molecular weight is 291 g/mol. The summed E-state index contributed by atoms with van der Waals surface area (Å²) < 4.78 is 9.37. The highest BCUT2D eigenvalue weighted by Gasteiger charge is 2.41. The second-order valence-corrected chi connectivity index (χ2v) is 5.02. The van der Waals surface area contributed by atoms with Crippen LogP contribution in [-0.4, -0.2) is 36.9 Å². The molecule has 0 N–H and O–H groups in total. The van der Waals surface area contributed by atoms with Crippen LogP contribution in [0.15, 0.2) is 12.1 Å². The van der Waals surface area contributed by atoms with Crippen LogP contribution in [0, 0.1) is 18.8 Å². The Morgan fingerprint density at radius 1 is 1.10 bits per heavy atom. The fourth-order valence-electron chi connectivity index (χ4n) is 2.54. The first-order chi connectivity index (χ1) is 9.97. The molecule has 2 atom stereocenters. The molecule has 0 fully saturated rings. The zero-order chi connectivity index (χ0) is 15.6. The normalized spacial score (nSPS) is 21.2. The standard InChI is InChI=1S/C15H17NO5/c1-8-4-5-9-6-10(14(18)20-2)13(17)11(15(19)21-3)7-12(9)16-8/h4-5,10-11H,6-7H2,1-3H3. The fourth-order valence-corrected chi connectivity index (χ4v) is 2.54. The number of rotatable bonds is 2. The van der Waals surface area contributed by atoms with Gasteiger partial charge in [0.25, 0.3) is 0 Å². The van der Waals surface area contributed by atoms with Crippen molar-refractivity contribution in [2.75, 3.05) is 14.2 Å². The van der Waals surface area contributed by atoms with Crippen LogP contribution < -0.4 is 0 Å². The number of nitrogens with zero attached hydrogens (tertiary/aromatic N) is 1. The van der Waals surface area contributed by atoms with E-state index in [0.717, 1.165) is 11.3 Å². The maximum Gasteiger partial charge on any atom is 0.316 e. The summed E-state index contributed by atoms with van der Waals surface area (Å²) in [6, 6.07) is 3.65. The molecule has 0 saturated carbocycles. The first-order valence-electron chi connectivity index (χ1n) is 6.62. The van der Waals surface area contributed by atoms with Crippen LogP contribution in [0.1, 0.15) is 17.0 Å². The van der Waals surface area contributed by atoms with Crippen molar-refractivity contribution in [2.24, 2.45) is 11.8 Å². The van der Waals surface area contributed by atoms with Crippen LogP contribution in [0.25, 0.3) is 0 Å². The summed E-state index contributed by atoms with van der Waals surface area (Å²) >= 11 is 0. The Labute approximate surface area is 122 Å². The Kier molecular flexibility index (Phi) is 4.35.